The Morgan fingerprint density at radius 2 is 2.17 bits per heavy atom. The maximum absolute atomic E-state index is 4.44. The van der Waals surface area contributed by atoms with Crippen LogP contribution in [0.25, 0.3) is 0 Å². The van der Waals surface area contributed by atoms with Crippen molar-refractivity contribution < 1.29 is 0 Å². The molecule has 0 radical (unpaired) electrons. The van der Waals surface area contributed by atoms with Crippen LogP contribution in [-0.2, 0) is 13.1 Å². The van der Waals surface area contributed by atoms with Crippen LogP contribution in [0, 0.1) is 0 Å². The van der Waals surface area contributed by atoms with Gasteiger partial charge in [-0.05, 0) is 24.2 Å². The molecule has 1 fully saturated rings. The van der Waals surface area contributed by atoms with Crippen molar-refractivity contribution in [3.63, 3.8) is 0 Å². The second kappa shape index (κ2) is 8.78. The molecule has 3 rings (SSSR count). The fourth-order valence-electron chi connectivity index (χ4n) is 2.78. The predicted octanol–water partition coefficient (Wildman–Crippen LogP) is 2.49. The van der Waals surface area contributed by atoms with E-state index in [2.05, 4.69) is 62.9 Å². The molecule has 2 aromatic rings. The molecule has 0 bridgehead atoms. The van der Waals surface area contributed by atoms with Gasteiger partial charge in [0, 0.05) is 37.1 Å². The minimum atomic E-state index is 0.720. The van der Waals surface area contributed by atoms with Crippen molar-refractivity contribution in [2.24, 2.45) is 4.99 Å². The average Bonchev–Trinajstić information content (AvgIpc) is 3.28. The van der Waals surface area contributed by atoms with Gasteiger partial charge in [0.25, 0.3) is 0 Å². The summed E-state index contributed by atoms with van der Waals surface area (Å²) in [5.41, 5.74) is 2.41. The molecule has 1 atom stereocenters. The number of guanidine groups is 1. The van der Waals surface area contributed by atoms with Crippen LogP contribution in [0.1, 0.15) is 24.0 Å². The normalized spacial score (nSPS) is 17.9. The zero-order valence-corrected chi connectivity index (χ0v) is 14.9. The summed E-state index contributed by atoms with van der Waals surface area (Å²) in [6, 6.07) is 10.4. The molecular formula is C18H25N5S. The molecule has 1 aliphatic heterocycles. The SMILES string of the molecule is CN=C(NCc1cnn(Cc2ccccc2)c1)NCC1CCCS1. The Morgan fingerprint density at radius 3 is 2.92 bits per heavy atom. The van der Waals surface area contributed by atoms with E-state index in [9.17, 15) is 0 Å². The monoisotopic (exact) mass is 343 g/mol. The number of benzene rings is 1. The largest absolute Gasteiger partial charge is 0.355 e. The first-order valence-electron chi connectivity index (χ1n) is 8.45. The standard InChI is InChI=1S/C18H25N5S/c1-19-18(21-12-17-8-5-9-24-17)20-10-16-11-22-23(14-16)13-15-6-3-2-4-7-15/h2-4,6-7,11,14,17H,5,8-10,12-13H2,1H3,(H2,19,20,21). The van der Waals surface area contributed by atoms with Crippen molar-refractivity contribution in [2.75, 3.05) is 19.3 Å². The summed E-state index contributed by atoms with van der Waals surface area (Å²) in [5.74, 6) is 2.15. The molecule has 1 aromatic heterocycles. The van der Waals surface area contributed by atoms with Gasteiger partial charge in [-0.25, -0.2) is 0 Å². The lowest BCUT2D eigenvalue weighted by atomic mass is 10.2. The maximum Gasteiger partial charge on any atom is 0.191 e. The molecule has 0 saturated carbocycles. The van der Waals surface area contributed by atoms with Crippen molar-refractivity contribution in [3.05, 3.63) is 53.9 Å². The number of hydrogen-bond acceptors (Lipinski definition) is 3. The van der Waals surface area contributed by atoms with E-state index in [0.29, 0.717) is 0 Å². The highest BCUT2D eigenvalue weighted by molar-refractivity contribution is 8.00. The molecule has 1 unspecified atom stereocenters. The number of nitrogens with zero attached hydrogens (tertiary/aromatic N) is 3. The summed E-state index contributed by atoms with van der Waals surface area (Å²) < 4.78 is 1.97. The summed E-state index contributed by atoms with van der Waals surface area (Å²) in [5, 5.41) is 11.9. The minimum absolute atomic E-state index is 0.720. The molecule has 1 aromatic carbocycles. The Balaban J connectivity index is 1.45. The molecule has 1 aliphatic rings. The van der Waals surface area contributed by atoms with E-state index in [1.807, 2.05) is 24.0 Å². The summed E-state index contributed by atoms with van der Waals surface area (Å²) in [6.07, 6.45) is 6.64. The molecule has 0 amide bonds. The first kappa shape index (κ1) is 16.9. The van der Waals surface area contributed by atoms with Crippen molar-refractivity contribution in [3.8, 4) is 0 Å². The minimum Gasteiger partial charge on any atom is -0.355 e. The molecule has 0 aliphatic carbocycles. The van der Waals surface area contributed by atoms with Gasteiger partial charge in [0.15, 0.2) is 5.96 Å². The number of hydrogen-bond donors (Lipinski definition) is 2. The quantitative estimate of drug-likeness (QED) is 0.625. The Hall–Kier alpha value is -1.95. The van der Waals surface area contributed by atoms with Crippen molar-refractivity contribution >= 4 is 17.7 Å². The smallest absolute Gasteiger partial charge is 0.191 e. The van der Waals surface area contributed by atoms with E-state index < -0.39 is 0 Å². The highest BCUT2D eigenvalue weighted by Crippen LogP contribution is 2.25. The first-order chi connectivity index (χ1) is 11.8. The van der Waals surface area contributed by atoms with E-state index in [4.69, 9.17) is 0 Å². The lowest BCUT2D eigenvalue weighted by molar-refractivity contribution is 0.685. The van der Waals surface area contributed by atoms with Crippen molar-refractivity contribution in [1.82, 2.24) is 20.4 Å². The van der Waals surface area contributed by atoms with Gasteiger partial charge in [0.05, 0.1) is 12.7 Å². The number of nitrogens with one attached hydrogen (secondary N) is 2. The molecular weight excluding hydrogens is 318 g/mol. The van der Waals surface area contributed by atoms with Gasteiger partial charge >= 0.3 is 0 Å². The lowest BCUT2D eigenvalue weighted by Crippen LogP contribution is -2.39. The Labute approximate surface area is 147 Å². The van der Waals surface area contributed by atoms with Gasteiger partial charge in [-0.15, -0.1) is 0 Å². The second-order valence-corrected chi connectivity index (χ2v) is 7.38. The van der Waals surface area contributed by atoms with E-state index in [0.717, 1.165) is 36.4 Å². The number of thioether (sulfide) groups is 1. The molecule has 24 heavy (non-hydrogen) atoms. The van der Waals surface area contributed by atoms with Gasteiger partial charge in [-0.2, -0.15) is 16.9 Å². The van der Waals surface area contributed by atoms with Crippen LogP contribution >= 0.6 is 11.8 Å². The molecule has 5 nitrogen and oxygen atoms in total. The van der Waals surface area contributed by atoms with E-state index >= 15 is 0 Å². The second-order valence-electron chi connectivity index (χ2n) is 5.97. The van der Waals surface area contributed by atoms with Crippen molar-refractivity contribution in [2.45, 2.75) is 31.2 Å². The summed E-state index contributed by atoms with van der Waals surface area (Å²) in [4.78, 5) is 4.30. The van der Waals surface area contributed by atoms with E-state index in [1.165, 1.54) is 24.2 Å². The van der Waals surface area contributed by atoms with Gasteiger partial charge < -0.3 is 10.6 Å². The van der Waals surface area contributed by atoms with Crippen molar-refractivity contribution in [1.29, 1.82) is 0 Å². The fourth-order valence-corrected chi connectivity index (χ4v) is 3.98. The van der Waals surface area contributed by atoms with Gasteiger partial charge in [0.2, 0.25) is 0 Å². The van der Waals surface area contributed by atoms with Crippen LogP contribution in [0.15, 0.2) is 47.7 Å². The fraction of sp³-hybridized carbons (Fsp3) is 0.444. The summed E-state index contributed by atoms with van der Waals surface area (Å²) in [6.45, 7) is 2.51. The summed E-state index contributed by atoms with van der Waals surface area (Å²) in [7, 11) is 1.82. The Morgan fingerprint density at radius 1 is 1.29 bits per heavy atom. The third-order valence-corrected chi connectivity index (χ3v) is 5.48. The predicted molar refractivity (Wildman–Crippen MR) is 101 cm³/mol. The molecule has 2 heterocycles. The molecule has 128 valence electrons. The molecule has 6 heteroatoms. The van der Waals surface area contributed by atoms with Crippen LogP contribution in [-0.4, -0.2) is 40.3 Å². The van der Waals surface area contributed by atoms with Crippen LogP contribution in [0.4, 0.5) is 0 Å². The highest BCUT2D eigenvalue weighted by Gasteiger charge is 2.15. The Kier molecular flexibility index (Phi) is 6.18. The van der Waals surface area contributed by atoms with Crippen LogP contribution in [0.2, 0.25) is 0 Å². The molecule has 2 N–H and O–H groups in total. The lowest BCUT2D eigenvalue weighted by Gasteiger charge is -2.14. The average molecular weight is 344 g/mol. The van der Waals surface area contributed by atoms with Crippen LogP contribution in [0.3, 0.4) is 0 Å². The third-order valence-electron chi connectivity index (χ3n) is 4.08. The topological polar surface area (TPSA) is 54.2 Å². The zero-order chi connectivity index (χ0) is 16.6. The third kappa shape index (κ3) is 5.03. The maximum atomic E-state index is 4.44. The number of rotatable bonds is 6. The van der Waals surface area contributed by atoms with E-state index in [-0.39, 0.29) is 0 Å². The first-order valence-corrected chi connectivity index (χ1v) is 9.50. The number of aromatic nitrogens is 2. The molecule has 0 spiro atoms. The van der Waals surface area contributed by atoms with Crippen LogP contribution in [0.5, 0.6) is 0 Å². The van der Waals surface area contributed by atoms with E-state index in [1.54, 1.807) is 0 Å². The number of aliphatic imine (C=N–C) groups is 1. The Bertz CT molecular complexity index is 646. The van der Waals surface area contributed by atoms with Gasteiger partial charge in [0.1, 0.15) is 0 Å². The highest BCUT2D eigenvalue weighted by atomic mass is 32.2. The van der Waals surface area contributed by atoms with Crippen LogP contribution < -0.4 is 10.6 Å². The van der Waals surface area contributed by atoms with Gasteiger partial charge in [-0.1, -0.05) is 30.3 Å². The zero-order valence-electron chi connectivity index (χ0n) is 14.1. The van der Waals surface area contributed by atoms with Gasteiger partial charge in [-0.3, -0.25) is 9.67 Å². The summed E-state index contributed by atoms with van der Waals surface area (Å²) >= 11 is 2.05. The molecule has 1 saturated heterocycles.